The molecule has 4 rings (SSSR count). The predicted octanol–water partition coefficient (Wildman–Crippen LogP) is 2.47. The third-order valence-corrected chi connectivity index (χ3v) is 4.76. The lowest BCUT2D eigenvalue weighted by Gasteiger charge is -2.19. The maximum absolute atomic E-state index is 12.6. The van der Waals surface area contributed by atoms with Crippen LogP contribution in [0.25, 0.3) is 10.8 Å². The first-order chi connectivity index (χ1) is 11.2. The number of fused-ring (bicyclic) bond motifs is 2. The van der Waals surface area contributed by atoms with Crippen molar-refractivity contribution in [2.75, 3.05) is 0 Å². The largest absolute Gasteiger partial charge is 0.525 e. The first-order valence-corrected chi connectivity index (χ1v) is 8.13. The number of rotatable bonds is 2. The number of alkyl halides is 3. The van der Waals surface area contributed by atoms with Gasteiger partial charge in [-0.1, -0.05) is 30.3 Å². The highest BCUT2D eigenvalue weighted by Gasteiger charge is 2.57. The molecular weight excluding hydrogens is 351 g/mol. The minimum atomic E-state index is -5.98. The molecule has 2 aromatic carbocycles. The monoisotopic (exact) mass is 359 g/mol. The zero-order valence-corrected chi connectivity index (χ0v) is 12.5. The maximum Gasteiger partial charge on any atom is 0.525 e. The van der Waals surface area contributed by atoms with E-state index in [0.29, 0.717) is 16.3 Å². The molecule has 6 nitrogen and oxygen atoms in total. The lowest BCUT2D eigenvalue weighted by molar-refractivity contribution is -0.0979. The summed E-state index contributed by atoms with van der Waals surface area (Å²) in [7, 11) is -5.98. The van der Waals surface area contributed by atoms with Crippen LogP contribution in [0.1, 0.15) is 22.0 Å². The number of nitrogens with zero attached hydrogens (tertiary/aromatic N) is 1. The zero-order valence-electron chi connectivity index (χ0n) is 11.6. The second-order valence-electron chi connectivity index (χ2n) is 5.30. The van der Waals surface area contributed by atoms with Crippen LogP contribution in [0.3, 0.4) is 0 Å². The van der Waals surface area contributed by atoms with Gasteiger partial charge >= 0.3 is 15.6 Å². The Bertz CT molecular complexity index is 967. The van der Waals surface area contributed by atoms with Crippen molar-refractivity contribution in [3.8, 4) is 0 Å². The predicted molar refractivity (Wildman–Crippen MR) is 73.8 cm³/mol. The number of carbonyl (C=O) groups excluding carboxylic acids is 1. The van der Waals surface area contributed by atoms with Crippen molar-refractivity contribution in [3.05, 3.63) is 47.5 Å². The van der Waals surface area contributed by atoms with Crippen LogP contribution < -0.4 is 0 Å². The molecule has 0 radical (unpaired) electrons. The van der Waals surface area contributed by atoms with Crippen molar-refractivity contribution in [2.45, 2.75) is 17.8 Å². The van der Waals surface area contributed by atoms with Crippen LogP contribution in [-0.2, 0) is 19.1 Å². The average molecular weight is 359 g/mol. The number of carbonyl (C=O) groups is 1. The fourth-order valence-electron chi connectivity index (χ4n) is 2.75. The molecule has 0 N–H and O–H groups in total. The molecule has 2 aliphatic heterocycles. The van der Waals surface area contributed by atoms with E-state index in [0.717, 1.165) is 0 Å². The number of hydroxylamine groups is 2. The number of amides is 1. The van der Waals surface area contributed by atoms with E-state index in [4.69, 9.17) is 4.74 Å². The Hall–Kier alpha value is -2.17. The van der Waals surface area contributed by atoms with Crippen LogP contribution in [0.4, 0.5) is 13.2 Å². The zero-order chi connectivity index (χ0) is 17.3. The van der Waals surface area contributed by atoms with Gasteiger partial charge in [0.1, 0.15) is 6.10 Å². The molecular formula is C14H8F3NO5S. The van der Waals surface area contributed by atoms with E-state index >= 15 is 0 Å². The molecule has 24 heavy (non-hydrogen) atoms. The van der Waals surface area contributed by atoms with Gasteiger partial charge in [0.2, 0.25) is 0 Å². The van der Waals surface area contributed by atoms with Crippen LogP contribution >= 0.6 is 0 Å². The van der Waals surface area contributed by atoms with Crippen LogP contribution in [0.5, 0.6) is 0 Å². The molecule has 2 aromatic rings. The summed E-state index contributed by atoms with van der Waals surface area (Å²) >= 11 is 0. The van der Waals surface area contributed by atoms with Gasteiger partial charge < -0.3 is 4.74 Å². The first-order valence-electron chi connectivity index (χ1n) is 6.72. The quantitative estimate of drug-likeness (QED) is 0.608. The second kappa shape index (κ2) is 4.68. The average Bonchev–Trinajstić information content (AvgIpc) is 3.30. The van der Waals surface area contributed by atoms with Gasteiger partial charge in [-0.05, 0) is 17.0 Å². The summed E-state index contributed by atoms with van der Waals surface area (Å²) in [5.74, 6) is -1.01. The van der Waals surface area contributed by atoms with Gasteiger partial charge in [-0.2, -0.15) is 26.7 Å². The van der Waals surface area contributed by atoms with E-state index in [1.165, 1.54) is 6.07 Å². The van der Waals surface area contributed by atoms with Gasteiger partial charge in [0.25, 0.3) is 5.91 Å². The Labute approximate surface area is 133 Å². The van der Waals surface area contributed by atoms with Crippen molar-refractivity contribution in [3.63, 3.8) is 0 Å². The lowest BCUT2D eigenvalue weighted by atomic mass is 9.98. The molecule has 2 aliphatic rings. The van der Waals surface area contributed by atoms with E-state index in [9.17, 15) is 26.4 Å². The summed E-state index contributed by atoms with van der Waals surface area (Å²) in [6.07, 6.45) is -1.97. The Kier molecular flexibility index (Phi) is 3.00. The van der Waals surface area contributed by atoms with Crippen LogP contribution in [-0.4, -0.2) is 31.1 Å². The number of hydrogen-bond donors (Lipinski definition) is 0. The van der Waals surface area contributed by atoms with E-state index < -0.39 is 33.9 Å². The van der Waals surface area contributed by atoms with Crippen LogP contribution in [0.2, 0.25) is 0 Å². The lowest BCUT2D eigenvalue weighted by Crippen LogP contribution is -2.40. The van der Waals surface area contributed by atoms with Gasteiger partial charge in [-0.3, -0.25) is 4.79 Å². The summed E-state index contributed by atoms with van der Waals surface area (Å²) in [6, 6.07) is 9.80. The van der Waals surface area contributed by atoms with Crippen molar-refractivity contribution in [1.82, 2.24) is 5.06 Å². The molecule has 0 saturated carbocycles. The van der Waals surface area contributed by atoms with Crippen molar-refractivity contribution >= 4 is 26.8 Å². The Morgan fingerprint density at radius 1 is 1.12 bits per heavy atom. The highest BCUT2D eigenvalue weighted by Crippen LogP contribution is 2.48. The van der Waals surface area contributed by atoms with Crippen LogP contribution in [0.15, 0.2) is 36.4 Å². The smallest absolute Gasteiger partial charge is 0.340 e. The van der Waals surface area contributed by atoms with Crippen molar-refractivity contribution in [1.29, 1.82) is 0 Å². The maximum atomic E-state index is 12.6. The van der Waals surface area contributed by atoms with Gasteiger partial charge in [-0.15, -0.1) is 4.28 Å². The highest BCUT2D eigenvalue weighted by atomic mass is 32.2. The molecule has 10 heteroatoms. The molecule has 0 bridgehead atoms. The number of benzene rings is 2. The standard InChI is InChI=1S/C14H8F3NO5S/c15-14(16,17)24(20,21)23-18-12(19)9-6-2-4-7-3-1-5-8(10(7)9)11-13(18)22-11/h1-6,11,13H. The first kappa shape index (κ1) is 15.4. The topological polar surface area (TPSA) is 76.2 Å². The Balaban J connectivity index is 1.84. The molecule has 0 aromatic heterocycles. The fraction of sp³-hybridized carbons (Fsp3) is 0.214. The van der Waals surface area contributed by atoms with Crippen molar-refractivity contribution < 1.29 is 35.4 Å². The number of epoxide rings is 1. The molecule has 0 aliphatic carbocycles. The molecule has 2 atom stereocenters. The SMILES string of the molecule is O=C1c2cccc3cccc(c23)C2OC2N1OS(=O)(=O)C(F)(F)F. The number of halogens is 3. The summed E-state index contributed by atoms with van der Waals surface area (Å²) in [6.45, 7) is 0. The molecule has 126 valence electrons. The van der Waals surface area contributed by atoms with E-state index in [1.54, 1.807) is 30.3 Å². The normalized spacial score (nSPS) is 23.1. The second-order valence-corrected chi connectivity index (χ2v) is 6.82. The summed E-state index contributed by atoms with van der Waals surface area (Å²) in [5.41, 5.74) is -5.00. The third-order valence-electron chi connectivity index (χ3n) is 3.84. The Morgan fingerprint density at radius 3 is 2.46 bits per heavy atom. The van der Waals surface area contributed by atoms with Gasteiger partial charge in [-0.25, -0.2) is 0 Å². The van der Waals surface area contributed by atoms with E-state index in [-0.39, 0.29) is 10.6 Å². The molecule has 0 spiro atoms. The third kappa shape index (κ3) is 2.10. The minimum absolute atomic E-state index is 0.0521. The molecule has 2 unspecified atom stereocenters. The molecule has 1 amide bonds. The highest BCUT2D eigenvalue weighted by molar-refractivity contribution is 7.87. The molecule has 1 saturated heterocycles. The molecule has 1 fully saturated rings. The van der Waals surface area contributed by atoms with Gasteiger partial charge in [0.15, 0.2) is 6.23 Å². The summed E-state index contributed by atoms with van der Waals surface area (Å²) in [4.78, 5) is 12.6. The summed E-state index contributed by atoms with van der Waals surface area (Å²) < 4.78 is 69.4. The minimum Gasteiger partial charge on any atom is -0.340 e. The Morgan fingerprint density at radius 2 is 1.79 bits per heavy atom. The van der Waals surface area contributed by atoms with Gasteiger partial charge in [0.05, 0.1) is 5.56 Å². The van der Waals surface area contributed by atoms with Gasteiger partial charge in [0, 0.05) is 5.39 Å². The molecule has 2 heterocycles. The van der Waals surface area contributed by atoms with Crippen molar-refractivity contribution in [2.24, 2.45) is 0 Å². The van der Waals surface area contributed by atoms with Crippen LogP contribution in [0, 0.1) is 0 Å². The number of hydrogen-bond acceptors (Lipinski definition) is 5. The van der Waals surface area contributed by atoms with E-state index in [2.05, 4.69) is 4.28 Å². The number of ether oxygens (including phenoxy) is 1. The summed E-state index contributed by atoms with van der Waals surface area (Å²) in [5, 5.41) is 1.34. The van der Waals surface area contributed by atoms with E-state index in [1.807, 2.05) is 0 Å². The fourth-order valence-corrected chi connectivity index (χ4v) is 3.20.